The predicted octanol–water partition coefficient (Wildman–Crippen LogP) is 0.185. The quantitative estimate of drug-likeness (QED) is 0.769. The first-order valence-electron chi connectivity index (χ1n) is 5.83. The molecule has 4 nitrogen and oxygen atoms in total. The van der Waals surface area contributed by atoms with Crippen molar-refractivity contribution in [2.45, 2.75) is 18.5 Å². The van der Waals surface area contributed by atoms with Crippen LogP contribution in [0.25, 0.3) is 0 Å². The maximum absolute atomic E-state index is 12.3. The van der Waals surface area contributed by atoms with Gasteiger partial charge in [-0.1, -0.05) is 0 Å². The molecule has 2 heterocycles. The molecule has 3 unspecified atom stereocenters. The van der Waals surface area contributed by atoms with Crippen LogP contribution in [0.3, 0.4) is 0 Å². The summed E-state index contributed by atoms with van der Waals surface area (Å²) in [5, 5.41) is 3.16. The van der Waals surface area contributed by atoms with E-state index in [1.54, 1.807) is 0 Å². The highest BCUT2D eigenvalue weighted by Crippen LogP contribution is 2.24. The van der Waals surface area contributed by atoms with Gasteiger partial charge in [-0.15, -0.1) is 0 Å². The van der Waals surface area contributed by atoms with Gasteiger partial charge in [-0.25, -0.2) is 0 Å². The van der Waals surface area contributed by atoms with Crippen LogP contribution < -0.4 is 5.32 Å². The van der Waals surface area contributed by atoms with Gasteiger partial charge in [0.1, 0.15) is 0 Å². The maximum atomic E-state index is 12.3. The summed E-state index contributed by atoms with van der Waals surface area (Å²) in [6.45, 7) is 1.22. The first-order chi connectivity index (χ1) is 7.74. The number of thioether (sulfide) groups is 1. The molecule has 92 valence electrons. The SMILES string of the molecule is CNC1COCC1C(=O)N(C)C1CCSC1. The third-order valence-corrected chi connectivity index (χ3v) is 4.71. The van der Waals surface area contributed by atoms with Crippen molar-refractivity contribution in [2.24, 2.45) is 5.92 Å². The first-order valence-corrected chi connectivity index (χ1v) is 6.99. The molecule has 2 aliphatic rings. The molecule has 0 aromatic carbocycles. The van der Waals surface area contributed by atoms with Crippen LogP contribution in [0.4, 0.5) is 0 Å². The molecular formula is C11H20N2O2S. The van der Waals surface area contributed by atoms with Gasteiger partial charge in [-0.2, -0.15) is 11.8 Å². The molecule has 5 heteroatoms. The lowest BCUT2D eigenvalue weighted by Crippen LogP contribution is -2.47. The lowest BCUT2D eigenvalue weighted by Gasteiger charge is -2.28. The zero-order chi connectivity index (χ0) is 11.5. The van der Waals surface area contributed by atoms with Crippen LogP contribution in [0.2, 0.25) is 0 Å². The van der Waals surface area contributed by atoms with Crippen molar-refractivity contribution in [3.63, 3.8) is 0 Å². The summed E-state index contributed by atoms with van der Waals surface area (Å²) in [4.78, 5) is 14.2. The Balaban J connectivity index is 1.95. The van der Waals surface area contributed by atoms with E-state index in [1.807, 2.05) is 30.8 Å². The van der Waals surface area contributed by atoms with Crippen molar-refractivity contribution < 1.29 is 9.53 Å². The highest BCUT2D eigenvalue weighted by Gasteiger charge is 2.37. The van der Waals surface area contributed by atoms with Crippen LogP contribution in [0.5, 0.6) is 0 Å². The van der Waals surface area contributed by atoms with Crippen LogP contribution in [0.1, 0.15) is 6.42 Å². The van der Waals surface area contributed by atoms with Crippen molar-refractivity contribution in [1.29, 1.82) is 0 Å². The van der Waals surface area contributed by atoms with Crippen LogP contribution in [-0.2, 0) is 9.53 Å². The van der Waals surface area contributed by atoms with E-state index >= 15 is 0 Å². The van der Waals surface area contributed by atoms with Crippen LogP contribution >= 0.6 is 11.8 Å². The van der Waals surface area contributed by atoms with Gasteiger partial charge in [0.15, 0.2) is 0 Å². The average molecular weight is 244 g/mol. The Labute approximate surface area is 101 Å². The fraction of sp³-hybridized carbons (Fsp3) is 0.909. The van der Waals surface area contributed by atoms with Gasteiger partial charge < -0.3 is 15.0 Å². The lowest BCUT2D eigenvalue weighted by molar-refractivity contribution is -0.136. The van der Waals surface area contributed by atoms with E-state index in [4.69, 9.17) is 4.74 Å². The van der Waals surface area contributed by atoms with Crippen molar-refractivity contribution in [1.82, 2.24) is 10.2 Å². The van der Waals surface area contributed by atoms with Crippen molar-refractivity contribution in [3.05, 3.63) is 0 Å². The summed E-state index contributed by atoms with van der Waals surface area (Å²) >= 11 is 1.94. The number of nitrogens with one attached hydrogen (secondary N) is 1. The summed E-state index contributed by atoms with van der Waals surface area (Å²) in [6, 6.07) is 0.611. The number of carbonyl (C=O) groups excluding carboxylic acids is 1. The third-order valence-electron chi connectivity index (χ3n) is 3.57. The molecule has 2 saturated heterocycles. The van der Waals surface area contributed by atoms with Crippen LogP contribution in [0, 0.1) is 5.92 Å². The number of hydrogen-bond donors (Lipinski definition) is 1. The van der Waals surface area contributed by atoms with Gasteiger partial charge in [0, 0.05) is 24.9 Å². The molecule has 0 aliphatic carbocycles. The summed E-state index contributed by atoms with van der Waals surface area (Å²) in [6.07, 6.45) is 1.13. The highest BCUT2D eigenvalue weighted by molar-refractivity contribution is 7.99. The monoisotopic (exact) mass is 244 g/mol. The summed E-state index contributed by atoms with van der Waals surface area (Å²) in [5.74, 6) is 2.50. The zero-order valence-corrected chi connectivity index (χ0v) is 10.8. The van der Waals surface area contributed by atoms with E-state index in [0.717, 1.165) is 12.2 Å². The summed E-state index contributed by atoms with van der Waals surface area (Å²) in [5.41, 5.74) is 0. The number of rotatable bonds is 3. The fourth-order valence-corrected chi connectivity index (χ4v) is 3.62. The van der Waals surface area contributed by atoms with Gasteiger partial charge in [-0.3, -0.25) is 4.79 Å². The fourth-order valence-electron chi connectivity index (χ4n) is 2.35. The van der Waals surface area contributed by atoms with Crippen LogP contribution in [0.15, 0.2) is 0 Å². The zero-order valence-electron chi connectivity index (χ0n) is 9.94. The van der Waals surface area contributed by atoms with Crippen molar-refractivity contribution in [3.8, 4) is 0 Å². The minimum absolute atomic E-state index is 0.000556. The van der Waals surface area contributed by atoms with E-state index in [2.05, 4.69) is 5.32 Å². The van der Waals surface area contributed by atoms with Crippen molar-refractivity contribution in [2.75, 3.05) is 38.8 Å². The number of ether oxygens (including phenoxy) is 1. The number of nitrogens with zero attached hydrogens (tertiary/aromatic N) is 1. The van der Waals surface area contributed by atoms with E-state index in [-0.39, 0.29) is 17.9 Å². The minimum atomic E-state index is 0.000556. The van der Waals surface area contributed by atoms with E-state index in [9.17, 15) is 4.79 Å². The van der Waals surface area contributed by atoms with Crippen LogP contribution in [-0.4, -0.2) is 61.7 Å². The Morgan fingerprint density at radius 1 is 1.50 bits per heavy atom. The molecule has 2 rings (SSSR count). The Morgan fingerprint density at radius 3 is 2.94 bits per heavy atom. The molecule has 0 aromatic heterocycles. The lowest BCUT2D eigenvalue weighted by atomic mass is 10.0. The molecule has 1 N–H and O–H groups in total. The Morgan fingerprint density at radius 2 is 2.31 bits per heavy atom. The second-order valence-electron chi connectivity index (χ2n) is 4.51. The first kappa shape index (κ1) is 12.2. The van der Waals surface area contributed by atoms with Crippen molar-refractivity contribution >= 4 is 17.7 Å². The molecule has 0 spiro atoms. The second kappa shape index (κ2) is 5.38. The number of carbonyl (C=O) groups is 1. The van der Waals surface area contributed by atoms with E-state index in [1.165, 1.54) is 5.75 Å². The Hall–Kier alpha value is -0.260. The molecule has 0 bridgehead atoms. The third kappa shape index (κ3) is 2.36. The summed E-state index contributed by atoms with van der Waals surface area (Å²) < 4.78 is 5.38. The van der Waals surface area contributed by atoms with Gasteiger partial charge >= 0.3 is 0 Å². The molecule has 2 aliphatic heterocycles. The second-order valence-corrected chi connectivity index (χ2v) is 5.66. The van der Waals surface area contributed by atoms with Gasteiger partial charge in [0.2, 0.25) is 5.91 Å². The molecular weight excluding hydrogens is 224 g/mol. The Kier molecular flexibility index (Phi) is 4.10. The standard InChI is InChI=1S/C11H20N2O2S/c1-12-10-6-15-5-9(10)11(14)13(2)8-3-4-16-7-8/h8-10,12H,3-7H2,1-2H3. The van der Waals surface area contributed by atoms with E-state index in [0.29, 0.717) is 19.3 Å². The average Bonchev–Trinajstić information content (AvgIpc) is 2.97. The molecule has 1 amide bonds. The maximum Gasteiger partial charge on any atom is 0.229 e. The largest absolute Gasteiger partial charge is 0.379 e. The van der Waals surface area contributed by atoms with E-state index < -0.39 is 0 Å². The van der Waals surface area contributed by atoms with Gasteiger partial charge in [0.05, 0.1) is 19.1 Å². The summed E-state index contributed by atoms with van der Waals surface area (Å²) in [7, 11) is 3.83. The topological polar surface area (TPSA) is 41.6 Å². The smallest absolute Gasteiger partial charge is 0.229 e. The molecule has 0 radical (unpaired) electrons. The van der Waals surface area contributed by atoms with Gasteiger partial charge in [-0.05, 0) is 19.2 Å². The molecule has 2 fully saturated rings. The molecule has 0 saturated carbocycles. The Bertz CT molecular complexity index is 256. The number of amides is 1. The number of likely N-dealkylation sites (N-methyl/N-ethyl adjacent to an activating group) is 1. The molecule has 3 atom stereocenters. The highest BCUT2D eigenvalue weighted by atomic mass is 32.2. The molecule has 0 aromatic rings. The minimum Gasteiger partial charge on any atom is -0.379 e. The van der Waals surface area contributed by atoms with Gasteiger partial charge in [0.25, 0.3) is 0 Å². The predicted molar refractivity (Wildman–Crippen MR) is 65.7 cm³/mol. The molecule has 16 heavy (non-hydrogen) atoms. The normalized spacial score (nSPS) is 34.2. The number of hydrogen-bond acceptors (Lipinski definition) is 4.